The van der Waals surface area contributed by atoms with Gasteiger partial charge in [-0.3, -0.25) is 4.72 Å². The van der Waals surface area contributed by atoms with Gasteiger partial charge < -0.3 is 0 Å². The zero-order valence-electron chi connectivity index (χ0n) is 9.96. The quantitative estimate of drug-likeness (QED) is 0.820. The standard InChI is InChI=1S/C10H12BrF3N2O2S/c1-7-8(3-4-9(11)15-7)16-19(17,18)6-2-5-10(12,13)14/h3-4,16H,2,5-6H2,1H3. The Balaban J connectivity index is 2.64. The third-order valence-corrected chi connectivity index (χ3v) is 3.99. The number of hydrogen-bond donors (Lipinski definition) is 1. The van der Waals surface area contributed by atoms with Crippen LogP contribution in [0.15, 0.2) is 16.7 Å². The van der Waals surface area contributed by atoms with Crippen LogP contribution in [0.5, 0.6) is 0 Å². The van der Waals surface area contributed by atoms with Crippen LogP contribution >= 0.6 is 15.9 Å². The topological polar surface area (TPSA) is 59.1 Å². The average molecular weight is 361 g/mol. The number of sulfonamides is 1. The number of pyridine rings is 1. The van der Waals surface area contributed by atoms with Crippen molar-refractivity contribution in [1.82, 2.24) is 4.98 Å². The van der Waals surface area contributed by atoms with E-state index in [2.05, 4.69) is 25.6 Å². The monoisotopic (exact) mass is 360 g/mol. The Hall–Kier alpha value is -0.830. The number of nitrogens with one attached hydrogen (secondary N) is 1. The average Bonchev–Trinajstić information content (AvgIpc) is 2.20. The van der Waals surface area contributed by atoms with Gasteiger partial charge in [-0.25, -0.2) is 13.4 Å². The summed E-state index contributed by atoms with van der Waals surface area (Å²) < 4.78 is 61.8. The van der Waals surface area contributed by atoms with E-state index in [9.17, 15) is 21.6 Å². The summed E-state index contributed by atoms with van der Waals surface area (Å²) in [5.41, 5.74) is 0.698. The zero-order valence-corrected chi connectivity index (χ0v) is 12.4. The Morgan fingerprint density at radius 3 is 2.53 bits per heavy atom. The van der Waals surface area contributed by atoms with Crippen molar-refractivity contribution in [2.45, 2.75) is 25.9 Å². The van der Waals surface area contributed by atoms with Crippen LogP contribution in [0.2, 0.25) is 0 Å². The lowest BCUT2D eigenvalue weighted by atomic mass is 10.3. The van der Waals surface area contributed by atoms with E-state index >= 15 is 0 Å². The van der Waals surface area contributed by atoms with E-state index in [4.69, 9.17) is 0 Å². The summed E-state index contributed by atoms with van der Waals surface area (Å²) in [5, 5.41) is 0. The van der Waals surface area contributed by atoms with Crippen LogP contribution in [-0.4, -0.2) is 25.3 Å². The first-order chi connectivity index (χ1) is 8.59. The maximum atomic E-state index is 11.9. The first kappa shape index (κ1) is 16.2. The number of aryl methyl sites for hydroxylation is 1. The van der Waals surface area contributed by atoms with Crippen molar-refractivity contribution in [1.29, 1.82) is 0 Å². The fourth-order valence-electron chi connectivity index (χ4n) is 1.32. The Morgan fingerprint density at radius 1 is 1.37 bits per heavy atom. The van der Waals surface area contributed by atoms with Gasteiger partial charge in [0, 0.05) is 6.42 Å². The maximum Gasteiger partial charge on any atom is 0.389 e. The molecule has 0 unspecified atom stereocenters. The minimum Gasteiger partial charge on any atom is -0.282 e. The molecule has 9 heteroatoms. The fourth-order valence-corrected chi connectivity index (χ4v) is 2.89. The van der Waals surface area contributed by atoms with Crippen LogP contribution in [0.3, 0.4) is 0 Å². The Labute approximate surface area is 117 Å². The van der Waals surface area contributed by atoms with Crippen LogP contribution < -0.4 is 4.72 Å². The van der Waals surface area contributed by atoms with Gasteiger partial charge in [0.1, 0.15) is 4.60 Å². The molecule has 0 radical (unpaired) electrons. The minimum absolute atomic E-state index is 0.259. The maximum absolute atomic E-state index is 11.9. The van der Waals surface area contributed by atoms with E-state index in [1.54, 1.807) is 13.0 Å². The number of alkyl halides is 3. The highest BCUT2D eigenvalue weighted by Crippen LogP contribution is 2.22. The van der Waals surface area contributed by atoms with Crippen molar-refractivity contribution in [2.24, 2.45) is 0 Å². The third kappa shape index (κ3) is 6.24. The lowest BCUT2D eigenvalue weighted by Crippen LogP contribution is -2.19. The van der Waals surface area contributed by atoms with E-state index < -0.39 is 34.8 Å². The highest BCUT2D eigenvalue weighted by Gasteiger charge is 2.27. The van der Waals surface area contributed by atoms with Gasteiger partial charge in [-0.15, -0.1) is 0 Å². The highest BCUT2D eigenvalue weighted by molar-refractivity contribution is 9.10. The van der Waals surface area contributed by atoms with Crippen LogP contribution in [0, 0.1) is 6.92 Å². The van der Waals surface area contributed by atoms with Gasteiger partial charge in [0.2, 0.25) is 10.0 Å². The molecule has 0 aliphatic heterocycles. The predicted octanol–water partition coefficient (Wildman–Crippen LogP) is 3.24. The van der Waals surface area contributed by atoms with Gasteiger partial charge in [-0.1, -0.05) is 0 Å². The number of aromatic nitrogens is 1. The summed E-state index contributed by atoms with van der Waals surface area (Å²) >= 11 is 3.13. The van der Waals surface area contributed by atoms with Crippen molar-refractivity contribution in [2.75, 3.05) is 10.5 Å². The molecule has 0 spiro atoms. The zero-order chi connectivity index (χ0) is 14.7. The molecule has 19 heavy (non-hydrogen) atoms. The molecule has 1 aromatic rings. The number of nitrogens with zero attached hydrogens (tertiary/aromatic N) is 1. The van der Waals surface area contributed by atoms with E-state index in [0.29, 0.717) is 10.3 Å². The smallest absolute Gasteiger partial charge is 0.282 e. The molecular formula is C10H12BrF3N2O2S. The van der Waals surface area contributed by atoms with E-state index in [0.717, 1.165) is 0 Å². The molecular weight excluding hydrogens is 349 g/mol. The molecule has 0 aromatic carbocycles. The summed E-state index contributed by atoms with van der Waals surface area (Å²) in [6.07, 6.45) is -5.93. The molecule has 0 saturated carbocycles. The second kappa shape index (κ2) is 6.08. The van der Waals surface area contributed by atoms with E-state index in [-0.39, 0.29) is 5.69 Å². The number of anilines is 1. The van der Waals surface area contributed by atoms with Crippen LogP contribution in [-0.2, 0) is 10.0 Å². The third-order valence-electron chi connectivity index (χ3n) is 2.19. The molecule has 108 valence electrons. The van der Waals surface area contributed by atoms with Crippen molar-refractivity contribution < 1.29 is 21.6 Å². The summed E-state index contributed by atoms with van der Waals surface area (Å²) in [4.78, 5) is 3.99. The summed E-state index contributed by atoms with van der Waals surface area (Å²) in [7, 11) is -3.80. The number of rotatable bonds is 5. The Bertz CT molecular complexity index is 546. The van der Waals surface area contributed by atoms with E-state index in [1.807, 2.05) is 0 Å². The molecule has 4 nitrogen and oxygen atoms in total. The molecule has 1 aromatic heterocycles. The van der Waals surface area contributed by atoms with Crippen molar-refractivity contribution >= 4 is 31.6 Å². The molecule has 0 saturated heterocycles. The minimum atomic E-state index is -4.34. The first-order valence-corrected chi connectivity index (χ1v) is 7.74. The molecule has 1 rings (SSSR count). The number of hydrogen-bond acceptors (Lipinski definition) is 3. The normalized spacial score (nSPS) is 12.5. The van der Waals surface area contributed by atoms with Crippen molar-refractivity contribution in [3.63, 3.8) is 0 Å². The molecule has 1 heterocycles. The molecule has 0 amide bonds. The van der Waals surface area contributed by atoms with Crippen LogP contribution in [0.1, 0.15) is 18.5 Å². The highest BCUT2D eigenvalue weighted by atomic mass is 79.9. The number of halogens is 4. The molecule has 0 aliphatic carbocycles. The van der Waals surface area contributed by atoms with Gasteiger partial charge in [0.05, 0.1) is 17.1 Å². The summed E-state index contributed by atoms with van der Waals surface area (Å²) in [6, 6.07) is 3.04. The van der Waals surface area contributed by atoms with Gasteiger partial charge in [-0.2, -0.15) is 13.2 Å². The molecule has 0 aliphatic rings. The predicted molar refractivity (Wildman–Crippen MR) is 69.4 cm³/mol. The summed E-state index contributed by atoms with van der Waals surface area (Å²) in [5.74, 6) is -0.581. The van der Waals surface area contributed by atoms with Crippen LogP contribution in [0.4, 0.5) is 18.9 Å². The van der Waals surface area contributed by atoms with Gasteiger partial charge in [-0.05, 0) is 41.4 Å². The Morgan fingerprint density at radius 2 is 2.00 bits per heavy atom. The first-order valence-electron chi connectivity index (χ1n) is 5.29. The molecule has 0 fully saturated rings. The SMILES string of the molecule is Cc1nc(Br)ccc1NS(=O)(=O)CCCC(F)(F)F. The lowest BCUT2D eigenvalue weighted by molar-refractivity contribution is -0.134. The molecule has 0 bridgehead atoms. The van der Waals surface area contributed by atoms with Crippen molar-refractivity contribution in [3.05, 3.63) is 22.4 Å². The lowest BCUT2D eigenvalue weighted by Gasteiger charge is -2.10. The second-order valence-electron chi connectivity index (χ2n) is 3.91. The molecule has 0 atom stereocenters. The Kier molecular flexibility index (Phi) is 5.19. The van der Waals surface area contributed by atoms with Crippen molar-refractivity contribution in [3.8, 4) is 0 Å². The largest absolute Gasteiger partial charge is 0.389 e. The van der Waals surface area contributed by atoms with Gasteiger partial charge in [0.15, 0.2) is 0 Å². The second-order valence-corrected chi connectivity index (χ2v) is 6.56. The van der Waals surface area contributed by atoms with Gasteiger partial charge in [0.25, 0.3) is 0 Å². The van der Waals surface area contributed by atoms with Gasteiger partial charge >= 0.3 is 6.18 Å². The van der Waals surface area contributed by atoms with Crippen LogP contribution in [0.25, 0.3) is 0 Å². The summed E-state index contributed by atoms with van der Waals surface area (Å²) in [6.45, 7) is 1.60. The van der Waals surface area contributed by atoms with E-state index in [1.165, 1.54) is 6.07 Å². The fraction of sp³-hybridized carbons (Fsp3) is 0.500. The molecule has 1 N–H and O–H groups in total.